The Kier molecular flexibility index (Phi) is 5.60. The van der Waals surface area contributed by atoms with Gasteiger partial charge in [0.05, 0.1) is 24.1 Å². The average Bonchev–Trinajstić information content (AvgIpc) is 3.36. The summed E-state index contributed by atoms with van der Waals surface area (Å²) in [4.78, 5) is 34.6. The lowest BCUT2D eigenvalue weighted by molar-refractivity contribution is -0.137. The highest BCUT2D eigenvalue weighted by atomic mass is 16.3. The van der Waals surface area contributed by atoms with Gasteiger partial charge in [-0.3, -0.25) is 14.5 Å². The van der Waals surface area contributed by atoms with Gasteiger partial charge in [0.15, 0.2) is 17.3 Å². The summed E-state index contributed by atoms with van der Waals surface area (Å²) in [6, 6.07) is 10.4. The van der Waals surface area contributed by atoms with Crippen molar-refractivity contribution in [3.8, 4) is 11.5 Å². The van der Waals surface area contributed by atoms with Gasteiger partial charge in [-0.1, -0.05) is 31.5 Å². The number of hydrogen-bond donors (Lipinski definition) is 3. The molecule has 9 nitrogen and oxygen atoms in total. The van der Waals surface area contributed by atoms with Crippen LogP contribution in [0.3, 0.4) is 0 Å². The maximum Gasteiger partial charge on any atom is 0.253 e. The molecule has 4 aromatic rings. The molecule has 0 bridgehead atoms. The number of imide groups is 1. The molecule has 2 amide bonds. The van der Waals surface area contributed by atoms with E-state index in [1.165, 1.54) is 23.1 Å². The fraction of sp³-hybridized carbons (Fsp3) is 0.231. The van der Waals surface area contributed by atoms with E-state index in [1.807, 2.05) is 22.8 Å². The van der Waals surface area contributed by atoms with Crippen LogP contribution in [0.15, 0.2) is 48.6 Å². The van der Waals surface area contributed by atoms with Gasteiger partial charge in [0, 0.05) is 29.5 Å². The number of anilines is 1. The Morgan fingerprint density at radius 2 is 1.77 bits per heavy atom. The SMILES string of the molecule is CCCCc1nc2c(N)nc3ccc(CN4C(=O)C=CC4=O)cc3c2n1Cc1cccc(O)c1O. The number of imidazole rings is 1. The largest absolute Gasteiger partial charge is 0.504 e. The number of nitrogen functional groups attached to an aromatic ring is 1. The third-order valence-electron chi connectivity index (χ3n) is 6.27. The molecule has 0 atom stereocenters. The number of phenolic OH excluding ortho intramolecular Hbond substituents is 2. The molecule has 2 aromatic carbocycles. The van der Waals surface area contributed by atoms with Crippen molar-refractivity contribution in [1.82, 2.24) is 19.4 Å². The summed E-state index contributed by atoms with van der Waals surface area (Å²) in [6.07, 6.45) is 5.12. The molecule has 5 rings (SSSR count). The van der Waals surface area contributed by atoms with Crippen LogP contribution < -0.4 is 5.73 Å². The van der Waals surface area contributed by atoms with Crippen molar-refractivity contribution in [3.05, 3.63) is 65.5 Å². The van der Waals surface area contributed by atoms with Crippen molar-refractivity contribution >= 4 is 39.6 Å². The predicted octanol–water partition coefficient (Wildman–Crippen LogP) is 3.39. The van der Waals surface area contributed by atoms with Gasteiger partial charge in [0.1, 0.15) is 11.3 Å². The molecule has 0 unspecified atom stereocenters. The number of para-hydroxylation sites is 1. The number of pyridine rings is 1. The lowest BCUT2D eigenvalue weighted by atomic mass is 10.1. The van der Waals surface area contributed by atoms with Crippen LogP contribution in [0.2, 0.25) is 0 Å². The van der Waals surface area contributed by atoms with Gasteiger partial charge in [-0.25, -0.2) is 9.97 Å². The topological polar surface area (TPSA) is 135 Å². The number of fused-ring (bicyclic) bond motifs is 3. The first kappa shape index (κ1) is 22.4. The van der Waals surface area contributed by atoms with Gasteiger partial charge < -0.3 is 20.5 Å². The second-order valence-electron chi connectivity index (χ2n) is 8.64. The number of aryl methyl sites for hydroxylation is 1. The predicted molar refractivity (Wildman–Crippen MR) is 132 cm³/mol. The van der Waals surface area contributed by atoms with Gasteiger partial charge in [-0.2, -0.15) is 0 Å². The third-order valence-corrected chi connectivity index (χ3v) is 6.27. The molecule has 3 heterocycles. The van der Waals surface area contributed by atoms with Gasteiger partial charge >= 0.3 is 0 Å². The van der Waals surface area contributed by atoms with Crippen molar-refractivity contribution in [1.29, 1.82) is 0 Å². The van der Waals surface area contributed by atoms with E-state index in [2.05, 4.69) is 11.9 Å². The maximum absolute atomic E-state index is 12.1. The minimum Gasteiger partial charge on any atom is -0.504 e. The number of carbonyl (C=O) groups is 2. The highest BCUT2D eigenvalue weighted by Crippen LogP contribution is 2.34. The summed E-state index contributed by atoms with van der Waals surface area (Å²) >= 11 is 0. The van der Waals surface area contributed by atoms with Crippen LogP contribution in [0.4, 0.5) is 5.82 Å². The zero-order valence-corrected chi connectivity index (χ0v) is 19.2. The summed E-state index contributed by atoms with van der Waals surface area (Å²) in [6.45, 7) is 2.50. The van der Waals surface area contributed by atoms with Crippen LogP contribution in [0, 0.1) is 0 Å². The Labute approximate surface area is 201 Å². The van der Waals surface area contributed by atoms with Crippen molar-refractivity contribution < 1.29 is 19.8 Å². The molecule has 0 saturated heterocycles. The quantitative estimate of drug-likeness (QED) is 0.278. The molecular weight excluding hydrogens is 446 g/mol. The van der Waals surface area contributed by atoms with E-state index < -0.39 is 0 Å². The molecule has 1 aliphatic heterocycles. The second-order valence-corrected chi connectivity index (χ2v) is 8.64. The van der Waals surface area contributed by atoms with Crippen molar-refractivity contribution in [2.24, 2.45) is 0 Å². The number of unbranched alkanes of at least 4 members (excludes halogenated alkanes) is 1. The molecule has 0 aliphatic carbocycles. The van der Waals surface area contributed by atoms with Crippen molar-refractivity contribution in [3.63, 3.8) is 0 Å². The first-order valence-corrected chi connectivity index (χ1v) is 11.5. The van der Waals surface area contributed by atoms with Crippen molar-refractivity contribution in [2.75, 3.05) is 5.73 Å². The molecular formula is C26H25N5O4. The fourth-order valence-electron chi connectivity index (χ4n) is 4.44. The van der Waals surface area contributed by atoms with Crippen LogP contribution in [0.1, 0.15) is 36.7 Å². The number of aromatic nitrogens is 3. The normalized spacial score (nSPS) is 13.6. The Bertz CT molecular complexity index is 1500. The number of nitrogens with zero attached hydrogens (tertiary/aromatic N) is 4. The molecule has 0 fully saturated rings. The number of carbonyl (C=O) groups excluding carboxylic acids is 2. The molecule has 0 spiro atoms. The van der Waals surface area contributed by atoms with Crippen LogP contribution in [-0.4, -0.2) is 41.5 Å². The molecule has 9 heteroatoms. The lowest BCUT2D eigenvalue weighted by Gasteiger charge is -2.15. The summed E-state index contributed by atoms with van der Waals surface area (Å²) in [5, 5.41) is 21.2. The molecule has 0 saturated carbocycles. The fourth-order valence-corrected chi connectivity index (χ4v) is 4.44. The highest BCUT2D eigenvalue weighted by molar-refractivity contribution is 6.13. The molecule has 35 heavy (non-hydrogen) atoms. The number of benzene rings is 2. The van der Waals surface area contributed by atoms with Gasteiger partial charge in [0.25, 0.3) is 11.8 Å². The lowest BCUT2D eigenvalue weighted by Crippen LogP contribution is -2.29. The molecule has 178 valence electrons. The number of nitrogens with two attached hydrogens (primary N) is 1. The van der Waals surface area contributed by atoms with E-state index >= 15 is 0 Å². The zero-order chi connectivity index (χ0) is 24.7. The van der Waals surface area contributed by atoms with Gasteiger partial charge in [-0.15, -0.1) is 0 Å². The number of hydrogen-bond acceptors (Lipinski definition) is 7. The Balaban J connectivity index is 1.69. The first-order chi connectivity index (χ1) is 16.9. The van der Waals surface area contributed by atoms with Crippen molar-refractivity contribution in [2.45, 2.75) is 39.3 Å². The molecule has 0 radical (unpaired) electrons. The minimum absolute atomic E-state index is 0.136. The van der Waals surface area contributed by atoms with E-state index in [0.717, 1.165) is 35.1 Å². The summed E-state index contributed by atoms with van der Waals surface area (Å²) in [5.41, 5.74) is 9.56. The third kappa shape index (κ3) is 3.95. The van der Waals surface area contributed by atoms with Gasteiger partial charge in [-0.05, 0) is 30.2 Å². The number of amides is 2. The number of phenols is 2. The van der Waals surface area contributed by atoms with E-state index in [9.17, 15) is 19.8 Å². The summed E-state index contributed by atoms with van der Waals surface area (Å²) in [5.74, 6) is 0.0326. The Morgan fingerprint density at radius 1 is 1.00 bits per heavy atom. The minimum atomic E-state index is -0.345. The molecule has 2 aromatic heterocycles. The number of rotatable bonds is 7. The van der Waals surface area contributed by atoms with Crippen LogP contribution in [-0.2, 0) is 29.1 Å². The maximum atomic E-state index is 12.1. The van der Waals surface area contributed by atoms with Crippen LogP contribution in [0.5, 0.6) is 11.5 Å². The van der Waals surface area contributed by atoms with Crippen LogP contribution >= 0.6 is 0 Å². The molecule has 4 N–H and O–H groups in total. The van der Waals surface area contributed by atoms with E-state index in [1.54, 1.807) is 12.1 Å². The Morgan fingerprint density at radius 3 is 2.51 bits per heavy atom. The molecule has 1 aliphatic rings. The van der Waals surface area contributed by atoms with E-state index in [-0.39, 0.29) is 36.4 Å². The summed E-state index contributed by atoms with van der Waals surface area (Å²) < 4.78 is 2.00. The number of aromatic hydroxyl groups is 2. The zero-order valence-electron chi connectivity index (χ0n) is 19.2. The van der Waals surface area contributed by atoms with E-state index in [4.69, 9.17) is 10.7 Å². The first-order valence-electron chi connectivity index (χ1n) is 11.5. The average molecular weight is 472 g/mol. The van der Waals surface area contributed by atoms with Gasteiger partial charge in [0.2, 0.25) is 0 Å². The Hall–Kier alpha value is -4.40. The smallest absolute Gasteiger partial charge is 0.253 e. The standard InChI is InChI=1S/C26H25N5O4/c1-2-3-7-20-29-23-24(30(20)14-16-5-4-6-19(32)25(16)35)17-12-15(8-9-18(17)28-26(23)27)13-31-21(33)10-11-22(31)34/h4-6,8-12,32,35H,2-3,7,13-14H2,1H3,(H2,27,28). The second kappa shape index (κ2) is 8.75. The summed E-state index contributed by atoms with van der Waals surface area (Å²) in [7, 11) is 0. The van der Waals surface area contributed by atoms with E-state index in [0.29, 0.717) is 28.8 Å². The van der Waals surface area contributed by atoms with Crippen LogP contribution in [0.25, 0.3) is 21.9 Å². The highest BCUT2D eigenvalue weighted by Gasteiger charge is 2.24. The monoisotopic (exact) mass is 471 g/mol.